The molecule has 3 heteroatoms. The molecule has 0 aromatic heterocycles. The summed E-state index contributed by atoms with van der Waals surface area (Å²) in [4.78, 5) is 2.60. The van der Waals surface area contributed by atoms with Crippen molar-refractivity contribution in [2.45, 2.75) is 71.6 Å². The van der Waals surface area contributed by atoms with E-state index in [4.69, 9.17) is 5.73 Å². The van der Waals surface area contributed by atoms with E-state index in [0.717, 1.165) is 37.9 Å². The van der Waals surface area contributed by atoms with Gasteiger partial charge in [-0.1, -0.05) is 27.7 Å². The van der Waals surface area contributed by atoms with E-state index in [0.29, 0.717) is 12.0 Å². The van der Waals surface area contributed by atoms with E-state index in [-0.39, 0.29) is 11.5 Å². The Kier molecular flexibility index (Phi) is 4.59. The predicted molar refractivity (Wildman–Crippen MR) is 79.9 cm³/mol. The summed E-state index contributed by atoms with van der Waals surface area (Å²) >= 11 is 0. The second kappa shape index (κ2) is 5.71. The van der Waals surface area contributed by atoms with Crippen molar-refractivity contribution in [2.24, 2.45) is 23.0 Å². The van der Waals surface area contributed by atoms with Crippen molar-refractivity contribution in [1.82, 2.24) is 4.90 Å². The third-order valence-corrected chi connectivity index (χ3v) is 5.20. The maximum absolute atomic E-state index is 10.3. The summed E-state index contributed by atoms with van der Waals surface area (Å²) in [5.41, 5.74) is 6.22. The molecular formula is C16H32N2O. The van der Waals surface area contributed by atoms with E-state index in [2.05, 4.69) is 32.6 Å². The number of hydrogen-bond donors (Lipinski definition) is 2. The first kappa shape index (κ1) is 15.3. The van der Waals surface area contributed by atoms with Gasteiger partial charge in [0, 0.05) is 25.2 Å². The molecule has 2 aliphatic rings. The number of rotatable bonds is 3. The molecule has 1 saturated heterocycles. The van der Waals surface area contributed by atoms with Crippen molar-refractivity contribution in [3.05, 3.63) is 0 Å². The first-order chi connectivity index (χ1) is 8.77. The van der Waals surface area contributed by atoms with Gasteiger partial charge >= 0.3 is 0 Å². The van der Waals surface area contributed by atoms with E-state index >= 15 is 0 Å². The summed E-state index contributed by atoms with van der Waals surface area (Å²) in [6.45, 7) is 10.9. The van der Waals surface area contributed by atoms with Gasteiger partial charge in [0.2, 0.25) is 0 Å². The molecule has 3 nitrogen and oxygen atoms in total. The first-order valence-electron chi connectivity index (χ1n) is 7.95. The molecule has 19 heavy (non-hydrogen) atoms. The lowest BCUT2D eigenvalue weighted by atomic mass is 9.76. The number of nitrogens with zero attached hydrogens (tertiary/aromatic N) is 1. The monoisotopic (exact) mass is 268 g/mol. The molecule has 0 spiro atoms. The van der Waals surface area contributed by atoms with E-state index in [9.17, 15) is 5.11 Å². The van der Waals surface area contributed by atoms with Gasteiger partial charge < -0.3 is 10.8 Å². The minimum absolute atomic E-state index is 0.0177. The maximum Gasteiger partial charge on any atom is 0.0591 e. The summed E-state index contributed by atoms with van der Waals surface area (Å²) in [6.07, 6.45) is 4.46. The van der Waals surface area contributed by atoms with Gasteiger partial charge in [0.1, 0.15) is 0 Å². The molecule has 3 N–H and O–H groups in total. The van der Waals surface area contributed by atoms with Crippen LogP contribution < -0.4 is 5.73 Å². The Morgan fingerprint density at radius 2 is 1.95 bits per heavy atom. The topological polar surface area (TPSA) is 49.5 Å². The normalized spacial score (nSPS) is 38.8. The average Bonchev–Trinajstić information content (AvgIpc) is 2.24. The van der Waals surface area contributed by atoms with E-state index in [1.54, 1.807) is 0 Å². The molecule has 0 amide bonds. The molecule has 1 aliphatic carbocycles. The fourth-order valence-corrected chi connectivity index (χ4v) is 3.59. The van der Waals surface area contributed by atoms with Crippen LogP contribution in [0.3, 0.4) is 0 Å². The lowest BCUT2D eigenvalue weighted by Crippen LogP contribution is -2.56. The second-order valence-electron chi connectivity index (χ2n) is 8.06. The van der Waals surface area contributed by atoms with Gasteiger partial charge in [-0.05, 0) is 42.9 Å². The highest BCUT2D eigenvalue weighted by Gasteiger charge is 2.37. The molecule has 5 unspecified atom stereocenters. The average molecular weight is 268 g/mol. The van der Waals surface area contributed by atoms with Crippen LogP contribution in [0.5, 0.6) is 0 Å². The van der Waals surface area contributed by atoms with Gasteiger partial charge in [0.15, 0.2) is 0 Å². The van der Waals surface area contributed by atoms with Crippen LogP contribution in [-0.4, -0.2) is 41.3 Å². The fourth-order valence-electron chi connectivity index (χ4n) is 3.59. The summed E-state index contributed by atoms with van der Waals surface area (Å²) in [5.74, 6) is 1.39. The Morgan fingerprint density at radius 3 is 2.42 bits per heavy atom. The van der Waals surface area contributed by atoms with Crippen LogP contribution in [0.2, 0.25) is 0 Å². The van der Waals surface area contributed by atoms with Crippen molar-refractivity contribution in [1.29, 1.82) is 0 Å². The van der Waals surface area contributed by atoms with Gasteiger partial charge in [-0.25, -0.2) is 0 Å². The Morgan fingerprint density at radius 1 is 1.26 bits per heavy atom. The SMILES string of the molecule is CC1CCC1N1CC(N)CC(CC(O)C(C)(C)C)C1. The number of hydrogen-bond acceptors (Lipinski definition) is 3. The molecule has 0 bridgehead atoms. The molecule has 5 atom stereocenters. The quantitative estimate of drug-likeness (QED) is 0.825. The summed E-state index contributed by atoms with van der Waals surface area (Å²) < 4.78 is 0. The van der Waals surface area contributed by atoms with E-state index in [1.165, 1.54) is 12.8 Å². The lowest BCUT2D eigenvalue weighted by Gasteiger charge is -2.48. The number of nitrogens with two attached hydrogens (primary N) is 1. The molecule has 1 heterocycles. The maximum atomic E-state index is 10.3. The zero-order valence-electron chi connectivity index (χ0n) is 13.1. The fraction of sp³-hybridized carbons (Fsp3) is 1.00. The van der Waals surface area contributed by atoms with Crippen molar-refractivity contribution in [3.8, 4) is 0 Å². The van der Waals surface area contributed by atoms with Crippen LogP contribution in [0.4, 0.5) is 0 Å². The Labute approximate surface area is 118 Å². The van der Waals surface area contributed by atoms with Crippen molar-refractivity contribution in [3.63, 3.8) is 0 Å². The summed E-state index contributed by atoms with van der Waals surface area (Å²) in [5, 5.41) is 10.3. The Hall–Kier alpha value is -0.120. The number of likely N-dealkylation sites (tertiary alicyclic amines) is 1. The number of aliphatic hydroxyl groups is 1. The minimum atomic E-state index is -0.219. The third kappa shape index (κ3) is 3.71. The van der Waals surface area contributed by atoms with Crippen LogP contribution in [-0.2, 0) is 0 Å². The van der Waals surface area contributed by atoms with Crippen LogP contribution in [0, 0.1) is 17.3 Å². The molecule has 2 fully saturated rings. The second-order valence-corrected chi connectivity index (χ2v) is 8.06. The van der Waals surface area contributed by atoms with Crippen molar-refractivity contribution < 1.29 is 5.11 Å². The van der Waals surface area contributed by atoms with Crippen LogP contribution in [0.25, 0.3) is 0 Å². The van der Waals surface area contributed by atoms with Crippen LogP contribution in [0.15, 0.2) is 0 Å². The summed E-state index contributed by atoms with van der Waals surface area (Å²) in [6, 6.07) is 1.04. The molecule has 2 rings (SSSR count). The highest BCUT2D eigenvalue weighted by molar-refractivity contribution is 4.93. The van der Waals surface area contributed by atoms with Gasteiger partial charge in [-0.2, -0.15) is 0 Å². The molecule has 0 aromatic carbocycles. The molecule has 0 radical (unpaired) electrons. The van der Waals surface area contributed by atoms with Gasteiger partial charge in [-0.15, -0.1) is 0 Å². The zero-order valence-corrected chi connectivity index (χ0v) is 13.1. The summed E-state index contributed by atoms with van der Waals surface area (Å²) in [7, 11) is 0. The van der Waals surface area contributed by atoms with Crippen LogP contribution in [0.1, 0.15) is 53.4 Å². The molecule has 112 valence electrons. The van der Waals surface area contributed by atoms with E-state index in [1.807, 2.05) is 0 Å². The molecule has 0 aromatic rings. The zero-order chi connectivity index (χ0) is 14.2. The van der Waals surface area contributed by atoms with Gasteiger partial charge in [-0.3, -0.25) is 4.90 Å². The minimum Gasteiger partial charge on any atom is -0.393 e. The Balaban J connectivity index is 1.90. The molecular weight excluding hydrogens is 236 g/mol. The highest BCUT2D eigenvalue weighted by Crippen LogP contribution is 2.35. The smallest absolute Gasteiger partial charge is 0.0591 e. The van der Waals surface area contributed by atoms with Gasteiger partial charge in [0.05, 0.1) is 6.10 Å². The molecule has 1 saturated carbocycles. The number of aliphatic hydroxyl groups excluding tert-OH is 1. The predicted octanol–water partition coefficient (Wildman–Crippen LogP) is 2.23. The van der Waals surface area contributed by atoms with Crippen LogP contribution >= 0.6 is 0 Å². The standard InChI is InChI=1S/C16H32N2O/c1-11-5-6-14(11)18-9-12(7-13(17)10-18)8-15(19)16(2,3)4/h11-15,19H,5-10,17H2,1-4H3. The van der Waals surface area contributed by atoms with Gasteiger partial charge in [0.25, 0.3) is 0 Å². The lowest BCUT2D eigenvalue weighted by molar-refractivity contribution is -0.00489. The number of piperidine rings is 1. The highest BCUT2D eigenvalue weighted by atomic mass is 16.3. The van der Waals surface area contributed by atoms with E-state index < -0.39 is 0 Å². The largest absolute Gasteiger partial charge is 0.393 e. The molecule has 1 aliphatic heterocycles. The third-order valence-electron chi connectivity index (χ3n) is 5.20. The van der Waals surface area contributed by atoms with Crippen molar-refractivity contribution >= 4 is 0 Å². The Bertz CT molecular complexity index is 300. The first-order valence-corrected chi connectivity index (χ1v) is 7.95. The van der Waals surface area contributed by atoms with Crippen molar-refractivity contribution in [2.75, 3.05) is 13.1 Å².